The average Bonchev–Trinajstić information content (AvgIpc) is 3.58. The Kier molecular flexibility index (Phi) is 3.85. The van der Waals surface area contributed by atoms with Gasteiger partial charge in [0, 0.05) is 6.20 Å². The molecule has 1 aliphatic heterocycles. The van der Waals surface area contributed by atoms with E-state index >= 15 is 0 Å². The van der Waals surface area contributed by atoms with Crippen LogP contribution in [0, 0.1) is 16.7 Å². The van der Waals surface area contributed by atoms with E-state index < -0.39 is 23.4 Å². The molecule has 8 nitrogen and oxygen atoms in total. The predicted molar refractivity (Wildman–Crippen MR) is 104 cm³/mol. The van der Waals surface area contributed by atoms with Crippen molar-refractivity contribution in [2.75, 3.05) is 5.01 Å². The number of carboxylic acids is 1. The lowest BCUT2D eigenvalue weighted by Gasteiger charge is -2.42. The van der Waals surface area contributed by atoms with E-state index in [0.717, 1.165) is 25.7 Å². The summed E-state index contributed by atoms with van der Waals surface area (Å²) in [5, 5.41) is 31.9. The molecule has 11 heteroatoms. The molecule has 3 fully saturated rings. The Morgan fingerprint density at radius 3 is 2.41 bits per heavy atom. The van der Waals surface area contributed by atoms with E-state index in [4.69, 9.17) is 37.1 Å². The minimum absolute atomic E-state index is 0.00471. The first kappa shape index (κ1) is 19.4. The maximum absolute atomic E-state index is 11.1. The number of hydrazine groups is 1. The van der Waals surface area contributed by atoms with Gasteiger partial charge in [0.15, 0.2) is 7.85 Å². The molecular weight excluding hydrogens is 395 g/mol. The van der Waals surface area contributed by atoms with Crippen LogP contribution in [-0.4, -0.2) is 59.4 Å². The fourth-order valence-electron chi connectivity index (χ4n) is 5.23. The van der Waals surface area contributed by atoms with Gasteiger partial charge < -0.3 is 20.1 Å². The van der Waals surface area contributed by atoms with Crippen LogP contribution in [0.4, 0.5) is 5.82 Å². The lowest BCUT2D eigenvalue weighted by Crippen LogP contribution is -2.62. The number of aromatic nitrogens is 1. The van der Waals surface area contributed by atoms with E-state index in [1.807, 2.05) is 0 Å². The van der Waals surface area contributed by atoms with Gasteiger partial charge in [-0.1, -0.05) is 11.6 Å². The number of carbonyl (C=O) groups is 1. The Bertz CT molecular complexity index is 914. The molecule has 3 aliphatic carbocycles. The van der Waals surface area contributed by atoms with Gasteiger partial charge in [-0.15, -0.1) is 0 Å². The Balaban J connectivity index is 1.27. The number of pyridine rings is 1. The van der Waals surface area contributed by atoms with Crippen LogP contribution in [0.15, 0.2) is 24.4 Å². The standard InChI is InChI=1S/C18H18B2ClN3O5/c19-17(27,14-15(4-5-15)16(14)6-7-16)18(20,28)29-11-3-8-24(23-11)10-2-1-9(13(25)26)12(21)22-10/h1-3,8,11,14,23,27-28H,4-7H2,(H,25,26). The SMILES string of the molecule is [B]C(O)(OC1C=CN(c2ccc(C(=O)O)c(Cl)n2)N1)C([B])(O)C1C2(CC2)C12CC2. The second-order valence-electron chi connectivity index (χ2n) is 8.46. The van der Waals surface area contributed by atoms with Gasteiger partial charge >= 0.3 is 5.97 Å². The van der Waals surface area contributed by atoms with Gasteiger partial charge in [0.05, 0.1) is 11.1 Å². The topological polar surface area (TPSA) is 115 Å². The number of hydrogen-bond acceptors (Lipinski definition) is 7. The first-order valence-electron chi connectivity index (χ1n) is 9.38. The molecule has 0 aromatic carbocycles. The van der Waals surface area contributed by atoms with Gasteiger partial charge in [-0.3, -0.25) is 5.01 Å². The Morgan fingerprint density at radius 1 is 1.28 bits per heavy atom. The summed E-state index contributed by atoms with van der Waals surface area (Å²) < 4.78 is 5.51. The van der Waals surface area contributed by atoms with Crippen molar-refractivity contribution >= 4 is 39.1 Å². The Hall–Kier alpha value is -1.58. The summed E-state index contributed by atoms with van der Waals surface area (Å²) in [5.74, 6) is -1.16. The first-order chi connectivity index (χ1) is 13.5. The van der Waals surface area contributed by atoms with Crippen LogP contribution in [0.2, 0.25) is 5.15 Å². The largest absolute Gasteiger partial charge is 0.478 e. The molecule has 0 amide bonds. The van der Waals surface area contributed by atoms with Gasteiger partial charge in [-0.25, -0.2) is 9.78 Å². The van der Waals surface area contributed by atoms with E-state index in [-0.39, 0.29) is 27.5 Å². The minimum Gasteiger partial charge on any atom is -0.478 e. The van der Waals surface area contributed by atoms with Crippen LogP contribution in [0.3, 0.4) is 0 Å². The molecule has 5 rings (SSSR count). The monoisotopic (exact) mass is 413 g/mol. The number of rotatable bonds is 6. The Labute approximate surface area is 174 Å². The number of fused-ring (bicyclic) bond motifs is 1. The van der Waals surface area contributed by atoms with E-state index in [1.165, 1.54) is 17.1 Å². The van der Waals surface area contributed by atoms with Gasteiger partial charge in [0.2, 0.25) is 0 Å². The lowest BCUT2D eigenvalue weighted by molar-refractivity contribution is -0.241. The van der Waals surface area contributed by atoms with E-state index in [0.29, 0.717) is 5.82 Å². The highest BCUT2D eigenvalue weighted by atomic mass is 35.5. The summed E-state index contributed by atoms with van der Waals surface area (Å²) in [6.07, 6.45) is 6.15. The molecule has 1 aromatic rings. The molecule has 0 bridgehead atoms. The number of aliphatic hydroxyl groups is 2. The molecular formula is C18H18B2ClN3O5. The summed E-state index contributed by atoms with van der Waals surface area (Å²) in [4.78, 5) is 15.1. The fourth-order valence-corrected chi connectivity index (χ4v) is 5.46. The van der Waals surface area contributed by atoms with Crippen LogP contribution in [0.1, 0.15) is 36.0 Å². The molecule has 148 valence electrons. The van der Waals surface area contributed by atoms with E-state index in [1.54, 1.807) is 12.3 Å². The summed E-state index contributed by atoms with van der Waals surface area (Å²) in [5.41, 5.74) is -1.81. The molecule has 2 spiro atoms. The minimum atomic E-state index is -2.48. The molecule has 3 saturated carbocycles. The van der Waals surface area contributed by atoms with Crippen molar-refractivity contribution in [3.63, 3.8) is 0 Å². The third-order valence-corrected chi connectivity index (χ3v) is 7.19. The number of nitrogens with one attached hydrogen (secondary N) is 1. The number of hydrogen-bond donors (Lipinski definition) is 4. The lowest BCUT2D eigenvalue weighted by atomic mass is 9.62. The highest BCUT2D eigenvalue weighted by molar-refractivity contribution is 6.32. The number of carboxylic acid groups (broad SMARTS) is 1. The summed E-state index contributed by atoms with van der Waals surface area (Å²) in [6, 6.07) is 2.78. The van der Waals surface area contributed by atoms with Crippen LogP contribution in [-0.2, 0) is 4.74 Å². The quantitative estimate of drug-likeness (QED) is 0.302. The van der Waals surface area contributed by atoms with Crippen molar-refractivity contribution in [2.24, 2.45) is 16.7 Å². The molecule has 4 aliphatic rings. The van der Waals surface area contributed by atoms with E-state index in [2.05, 4.69) is 10.4 Å². The number of anilines is 1. The molecule has 3 unspecified atom stereocenters. The maximum Gasteiger partial charge on any atom is 0.338 e. The number of aromatic carboxylic acids is 1. The number of nitrogens with zero attached hydrogens (tertiary/aromatic N) is 2. The van der Waals surface area contributed by atoms with Crippen molar-refractivity contribution < 1.29 is 24.9 Å². The second-order valence-corrected chi connectivity index (χ2v) is 8.82. The maximum atomic E-state index is 11.1. The molecule has 1 aromatic heterocycles. The van der Waals surface area contributed by atoms with Crippen molar-refractivity contribution in [2.45, 2.75) is 43.1 Å². The first-order valence-corrected chi connectivity index (χ1v) is 9.76. The molecule has 3 atom stereocenters. The van der Waals surface area contributed by atoms with Crippen LogP contribution >= 0.6 is 11.6 Å². The molecule has 29 heavy (non-hydrogen) atoms. The molecule has 4 N–H and O–H groups in total. The highest BCUT2D eigenvalue weighted by Gasteiger charge is 2.90. The van der Waals surface area contributed by atoms with Crippen LogP contribution in [0.25, 0.3) is 0 Å². The normalized spacial score (nSPS) is 29.6. The summed E-state index contributed by atoms with van der Waals surface area (Å²) >= 11 is 5.90. The smallest absolute Gasteiger partial charge is 0.338 e. The number of ether oxygens (including phenoxy) is 1. The Morgan fingerprint density at radius 2 is 1.90 bits per heavy atom. The molecule has 0 saturated heterocycles. The average molecular weight is 413 g/mol. The van der Waals surface area contributed by atoms with Crippen molar-refractivity contribution in [1.29, 1.82) is 0 Å². The van der Waals surface area contributed by atoms with Crippen LogP contribution in [0.5, 0.6) is 0 Å². The zero-order chi connectivity index (χ0) is 20.8. The van der Waals surface area contributed by atoms with E-state index in [9.17, 15) is 15.0 Å². The highest BCUT2D eigenvalue weighted by Crippen LogP contribution is 2.94. The third kappa shape index (κ3) is 2.63. The summed E-state index contributed by atoms with van der Waals surface area (Å²) in [6.45, 7) is 0. The molecule has 2 heterocycles. The fraction of sp³-hybridized carbons (Fsp3) is 0.556. The number of halogens is 1. The predicted octanol–water partition coefficient (Wildman–Crippen LogP) is 0.476. The zero-order valence-corrected chi connectivity index (χ0v) is 16.1. The summed E-state index contributed by atoms with van der Waals surface area (Å²) in [7, 11) is 12.1. The van der Waals surface area contributed by atoms with Gasteiger partial charge in [-0.05, 0) is 60.6 Å². The zero-order valence-electron chi connectivity index (χ0n) is 15.4. The van der Waals surface area contributed by atoms with Crippen molar-refractivity contribution in [3.8, 4) is 0 Å². The van der Waals surface area contributed by atoms with Gasteiger partial charge in [0.25, 0.3) is 0 Å². The second kappa shape index (κ2) is 5.76. The third-order valence-electron chi connectivity index (χ3n) is 6.90. The molecule has 4 radical (unpaired) electrons. The van der Waals surface area contributed by atoms with Gasteiger partial charge in [0.1, 0.15) is 30.7 Å². The van der Waals surface area contributed by atoms with Gasteiger partial charge in [-0.2, -0.15) is 5.43 Å². The van der Waals surface area contributed by atoms with Crippen molar-refractivity contribution in [3.05, 3.63) is 35.1 Å². The van der Waals surface area contributed by atoms with Crippen molar-refractivity contribution in [1.82, 2.24) is 10.4 Å². The van der Waals surface area contributed by atoms with Crippen LogP contribution < -0.4 is 10.4 Å².